The van der Waals surface area contributed by atoms with Gasteiger partial charge in [0, 0.05) is 49.1 Å². The molecule has 0 N–H and O–H groups in total. The van der Waals surface area contributed by atoms with E-state index in [1.54, 1.807) is 7.11 Å². The van der Waals surface area contributed by atoms with Gasteiger partial charge in [-0.1, -0.05) is 36.4 Å². The Morgan fingerprint density at radius 2 is 1.94 bits per heavy atom. The Labute approximate surface area is 206 Å². The van der Waals surface area contributed by atoms with E-state index in [-0.39, 0.29) is 11.9 Å². The molecule has 6 nitrogen and oxygen atoms in total. The minimum absolute atomic E-state index is 0.252. The van der Waals surface area contributed by atoms with Crippen molar-refractivity contribution in [1.29, 1.82) is 0 Å². The number of amides is 1. The third kappa shape index (κ3) is 4.34. The van der Waals surface area contributed by atoms with Gasteiger partial charge < -0.3 is 9.64 Å². The maximum absolute atomic E-state index is 13.2. The van der Waals surface area contributed by atoms with Crippen LogP contribution in [0.3, 0.4) is 0 Å². The summed E-state index contributed by atoms with van der Waals surface area (Å²) in [6.45, 7) is 4.30. The molecule has 1 aromatic heterocycles. The van der Waals surface area contributed by atoms with Crippen LogP contribution in [0.1, 0.15) is 46.2 Å². The number of aromatic nitrogens is 1. The summed E-state index contributed by atoms with van der Waals surface area (Å²) in [5.74, 6) is 0.850. The average Bonchev–Trinajstić information content (AvgIpc) is 3.30. The van der Waals surface area contributed by atoms with E-state index in [4.69, 9.17) is 9.73 Å². The lowest BCUT2D eigenvalue weighted by atomic mass is 9.90. The lowest BCUT2D eigenvalue weighted by molar-refractivity contribution is -0.135. The molecule has 1 atom stereocenters. The van der Waals surface area contributed by atoms with Gasteiger partial charge in [-0.2, -0.15) is 0 Å². The van der Waals surface area contributed by atoms with Gasteiger partial charge in [-0.25, -0.2) is 4.98 Å². The molecule has 0 bridgehead atoms. The number of aliphatic imine (C=N–C) groups is 1. The van der Waals surface area contributed by atoms with Gasteiger partial charge in [0.2, 0.25) is 11.8 Å². The summed E-state index contributed by atoms with van der Waals surface area (Å²) in [6, 6.07) is 19.2. The molecule has 0 saturated carbocycles. The standard InChI is InChI=1S/C29H30N4O2/c1-35-27-10-9-21(15-30-27)29-26-13-24-18-33(28(34)14-22(24)12-23(26)16-31-29)25-8-5-11-32(19-25)17-20-6-3-2-4-7-20/h2-4,6-7,9-10,12-13,15,25H,5,8,11,14,16-19H2,1H3/t25-/m0/s1. The Morgan fingerprint density at radius 1 is 1.06 bits per heavy atom. The summed E-state index contributed by atoms with van der Waals surface area (Å²) in [4.78, 5) is 27.0. The van der Waals surface area contributed by atoms with Gasteiger partial charge in [0.25, 0.3) is 0 Å². The Bertz CT molecular complexity index is 1270. The Morgan fingerprint density at radius 3 is 2.74 bits per heavy atom. The third-order valence-electron chi connectivity index (χ3n) is 7.48. The number of fused-ring (bicyclic) bond motifs is 2. The van der Waals surface area contributed by atoms with Crippen molar-refractivity contribution >= 4 is 11.6 Å². The third-order valence-corrected chi connectivity index (χ3v) is 7.48. The van der Waals surface area contributed by atoms with Crippen molar-refractivity contribution in [2.45, 2.75) is 44.9 Å². The van der Waals surface area contributed by atoms with Crippen LogP contribution in [-0.4, -0.2) is 52.6 Å². The molecule has 1 fully saturated rings. The van der Waals surface area contributed by atoms with Crippen LogP contribution >= 0.6 is 0 Å². The lowest BCUT2D eigenvalue weighted by Gasteiger charge is -2.41. The largest absolute Gasteiger partial charge is 0.481 e. The molecule has 4 heterocycles. The molecule has 0 radical (unpaired) electrons. The first-order valence-corrected chi connectivity index (χ1v) is 12.4. The number of nitrogens with zero attached hydrogens (tertiary/aromatic N) is 4. The van der Waals surface area contributed by atoms with E-state index in [2.05, 4.69) is 57.2 Å². The van der Waals surface area contributed by atoms with E-state index < -0.39 is 0 Å². The normalized spacial score (nSPS) is 19.8. The van der Waals surface area contributed by atoms with E-state index in [0.717, 1.165) is 49.3 Å². The van der Waals surface area contributed by atoms with Crippen molar-refractivity contribution in [3.63, 3.8) is 0 Å². The molecule has 35 heavy (non-hydrogen) atoms. The molecule has 0 spiro atoms. The fourth-order valence-corrected chi connectivity index (χ4v) is 5.68. The second kappa shape index (κ2) is 9.27. The molecule has 1 saturated heterocycles. The Kier molecular flexibility index (Phi) is 5.82. The van der Waals surface area contributed by atoms with Gasteiger partial charge >= 0.3 is 0 Å². The zero-order valence-electron chi connectivity index (χ0n) is 20.1. The number of likely N-dealkylation sites (tertiary alicyclic amines) is 1. The molecule has 178 valence electrons. The first-order valence-electron chi connectivity index (χ1n) is 12.4. The van der Waals surface area contributed by atoms with Gasteiger partial charge in [0.05, 0.1) is 25.8 Å². The zero-order chi connectivity index (χ0) is 23.8. The van der Waals surface area contributed by atoms with Gasteiger partial charge in [0.1, 0.15) is 0 Å². The van der Waals surface area contributed by atoms with E-state index in [1.807, 2.05) is 18.3 Å². The minimum atomic E-state index is 0.252. The van der Waals surface area contributed by atoms with Gasteiger partial charge in [0.15, 0.2) is 0 Å². The molecule has 0 aliphatic carbocycles. The van der Waals surface area contributed by atoms with Crippen LogP contribution in [0.2, 0.25) is 0 Å². The number of carbonyl (C=O) groups is 1. The van der Waals surface area contributed by atoms with Gasteiger partial charge in [-0.05, 0) is 53.8 Å². The summed E-state index contributed by atoms with van der Waals surface area (Å²) in [7, 11) is 1.62. The van der Waals surface area contributed by atoms with Gasteiger partial charge in [-0.15, -0.1) is 0 Å². The van der Waals surface area contributed by atoms with E-state index in [1.165, 1.54) is 22.3 Å². The fraction of sp³-hybridized carbons (Fsp3) is 0.345. The SMILES string of the molecule is COc1ccc(C2=NCc3cc4c(cc32)CN([C@H]2CCCN(Cc3ccccc3)C2)C(=O)C4)cn1. The van der Waals surface area contributed by atoms with Crippen molar-refractivity contribution in [3.8, 4) is 5.88 Å². The van der Waals surface area contributed by atoms with Crippen LogP contribution in [0, 0.1) is 0 Å². The summed E-state index contributed by atoms with van der Waals surface area (Å²) in [5, 5.41) is 0. The van der Waals surface area contributed by atoms with E-state index in [0.29, 0.717) is 25.4 Å². The number of carbonyl (C=O) groups excluding carboxylic acids is 1. The number of ether oxygens (including phenoxy) is 1. The Hall–Kier alpha value is -3.51. The highest BCUT2D eigenvalue weighted by molar-refractivity contribution is 6.15. The van der Waals surface area contributed by atoms with Crippen molar-refractivity contribution < 1.29 is 9.53 Å². The highest BCUT2D eigenvalue weighted by Gasteiger charge is 2.33. The molecular formula is C29H30N4O2. The summed E-state index contributed by atoms with van der Waals surface area (Å²) < 4.78 is 5.20. The highest BCUT2D eigenvalue weighted by Crippen LogP contribution is 2.32. The molecule has 3 aliphatic rings. The number of benzene rings is 2. The molecule has 6 heteroatoms. The van der Waals surface area contributed by atoms with Gasteiger partial charge in [-0.3, -0.25) is 14.7 Å². The Balaban J connectivity index is 1.21. The number of methoxy groups -OCH3 is 1. The molecule has 1 amide bonds. The quantitative estimate of drug-likeness (QED) is 0.571. The smallest absolute Gasteiger partial charge is 0.227 e. The van der Waals surface area contributed by atoms with Crippen molar-refractivity contribution in [2.75, 3.05) is 20.2 Å². The second-order valence-corrected chi connectivity index (χ2v) is 9.75. The molecule has 3 aliphatic heterocycles. The summed E-state index contributed by atoms with van der Waals surface area (Å²) in [6.07, 6.45) is 4.50. The minimum Gasteiger partial charge on any atom is -0.481 e. The fourth-order valence-electron chi connectivity index (χ4n) is 5.68. The summed E-state index contributed by atoms with van der Waals surface area (Å²) >= 11 is 0. The van der Waals surface area contributed by atoms with Crippen molar-refractivity contribution in [2.24, 2.45) is 4.99 Å². The van der Waals surface area contributed by atoms with Crippen LogP contribution in [0.25, 0.3) is 0 Å². The summed E-state index contributed by atoms with van der Waals surface area (Å²) in [5.41, 5.74) is 8.08. The molecule has 6 rings (SSSR count). The second-order valence-electron chi connectivity index (χ2n) is 9.75. The number of hydrogen-bond donors (Lipinski definition) is 0. The molecule has 3 aromatic rings. The zero-order valence-corrected chi connectivity index (χ0v) is 20.1. The monoisotopic (exact) mass is 466 g/mol. The predicted octanol–water partition coefficient (Wildman–Crippen LogP) is 3.99. The number of rotatable bonds is 5. The highest BCUT2D eigenvalue weighted by atomic mass is 16.5. The van der Waals surface area contributed by atoms with E-state index >= 15 is 0 Å². The van der Waals surface area contributed by atoms with Crippen LogP contribution in [-0.2, 0) is 30.8 Å². The maximum Gasteiger partial charge on any atom is 0.227 e. The van der Waals surface area contributed by atoms with E-state index in [9.17, 15) is 4.79 Å². The first-order chi connectivity index (χ1) is 17.2. The van der Waals surface area contributed by atoms with Crippen molar-refractivity contribution in [3.05, 3.63) is 94.2 Å². The molecular weight excluding hydrogens is 436 g/mol. The van der Waals surface area contributed by atoms with Crippen LogP contribution < -0.4 is 4.74 Å². The molecule has 2 aromatic carbocycles. The predicted molar refractivity (Wildman–Crippen MR) is 136 cm³/mol. The number of hydrogen-bond acceptors (Lipinski definition) is 5. The average molecular weight is 467 g/mol. The van der Waals surface area contributed by atoms with Crippen LogP contribution in [0.5, 0.6) is 5.88 Å². The lowest BCUT2D eigenvalue weighted by Crippen LogP contribution is -2.51. The maximum atomic E-state index is 13.2. The van der Waals surface area contributed by atoms with Crippen molar-refractivity contribution in [1.82, 2.24) is 14.8 Å². The number of piperidine rings is 1. The topological polar surface area (TPSA) is 58.0 Å². The molecule has 0 unspecified atom stereocenters. The first kappa shape index (κ1) is 22.0. The number of pyridine rings is 1. The van der Waals surface area contributed by atoms with Crippen LogP contribution in [0.15, 0.2) is 65.8 Å². The van der Waals surface area contributed by atoms with Crippen LogP contribution in [0.4, 0.5) is 0 Å².